The summed E-state index contributed by atoms with van der Waals surface area (Å²) in [6, 6.07) is 6.17. The number of hydrogen-bond donors (Lipinski definition) is 1. The number of fused-ring (bicyclic) bond motifs is 2. The SMILES string of the molecule is Cc1cccc2c(CCC(=O)O)c3c(nc12)CCC3. The summed E-state index contributed by atoms with van der Waals surface area (Å²) in [7, 11) is 0. The molecule has 0 radical (unpaired) electrons. The molecule has 3 heteroatoms. The highest BCUT2D eigenvalue weighted by Gasteiger charge is 2.20. The van der Waals surface area contributed by atoms with E-state index in [1.807, 2.05) is 6.07 Å². The number of benzene rings is 1. The maximum absolute atomic E-state index is 10.9. The van der Waals surface area contributed by atoms with E-state index in [1.54, 1.807) is 0 Å². The van der Waals surface area contributed by atoms with Crippen LogP contribution in [0.1, 0.15) is 35.2 Å². The number of nitrogens with zero attached hydrogens (tertiary/aromatic N) is 1. The molecular formula is C16H17NO2. The molecule has 0 spiro atoms. The zero-order valence-corrected chi connectivity index (χ0v) is 11.1. The predicted octanol–water partition coefficient (Wildman–Crippen LogP) is 3.05. The van der Waals surface area contributed by atoms with Gasteiger partial charge < -0.3 is 5.11 Å². The number of carbonyl (C=O) groups is 1. The van der Waals surface area contributed by atoms with Crippen LogP contribution in [-0.2, 0) is 24.1 Å². The third kappa shape index (κ3) is 2.09. The molecule has 0 saturated heterocycles. The Morgan fingerprint density at radius 1 is 1.37 bits per heavy atom. The average molecular weight is 255 g/mol. The molecule has 1 heterocycles. The minimum Gasteiger partial charge on any atom is -0.481 e. The van der Waals surface area contributed by atoms with Crippen molar-refractivity contribution in [1.29, 1.82) is 0 Å². The molecule has 3 rings (SSSR count). The van der Waals surface area contributed by atoms with Crippen LogP contribution >= 0.6 is 0 Å². The van der Waals surface area contributed by atoms with E-state index in [9.17, 15) is 4.79 Å². The van der Waals surface area contributed by atoms with Crippen molar-refractivity contribution in [1.82, 2.24) is 4.98 Å². The number of carboxylic acids is 1. The Morgan fingerprint density at radius 2 is 2.21 bits per heavy atom. The zero-order valence-electron chi connectivity index (χ0n) is 11.1. The number of aliphatic carboxylic acids is 1. The molecule has 0 amide bonds. The molecule has 1 aromatic heterocycles. The van der Waals surface area contributed by atoms with E-state index < -0.39 is 5.97 Å². The van der Waals surface area contributed by atoms with Gasteiger partial charge in [0.2, 0.25) is 0 Å². The zero-order chi connectivity index (χ0) is 13.4. The number of para-hydroxylation sites is 1. The quantitative estimate of drug-likeness (QED) is 0.917. The molecule has 0 bridgehead atoms. The summed E-state index contributed by atoms with van der Waals surface area (Å²) in [5.74, 6) is -0.732. The summed E-state index contributed by atoms with van der Waals surface area (Å²) >= 11 is 0. The normalized spacial score (nSPS) is 13.7. The third-order valence-electron chi connectivity index (χ3n) is 3.95. The van der Waals surface area contributed by atoms with Gasteiger partial charge in [-0.25, -0.2) is 0 Å². The Hall–Kier alpha value is -1.90. The highest BCUT2D eigenvalue weighted by atomic mass is 16.4. The van der Waals surface area contributed by atoms with Gasteiger partial charge in [-0.05, 0) is 49.3 Å². The monoisotopic (exact) mass is 255 g/mol. The molecule has 1 aliphatic carbocycles. The van der Waals surface area contributed by atoms with Crippen molar-refractivity contribution in [2.75, 3.05) is 0 Å². The number of aromatic nitrogens is 1. The van der Waals surface area contributed by atoms with Crippen molar-refractivity contribution in [2.24, 2.45) is 0 Å². The van der Waals surface area contributed by atoms with Crippen molar-refractivity contribution in [2.45, 2.75) is 39.0 Å². The van der Waals surface area contributed by atoms with Gasteiger partial charge in [0.1, 0.15) is 0 Å². The molecule has 0 aliphatic heterocycles. The predicted molar refractivity (Wildman–Crippen MR) is 74.5 cm³/mol. The van der Waals surface area contributed by atoms with Crippen LogP contribution in [0.4, 0.5) is 0 Å². The maximum atomic E-state index is 10.9. The van der Waals surface area contributed by atoms with E-state index >= 15 is 0 Å². The minimum atomic E-state index is -0.732. The molecule has 0 saturated carbocycles. The van der Waals surface area contributed by atoms with E-state index in [1.165, 1.54) is 22.4 Å². The lowest BCUT2D eigenvalue weighted by Gasteiger charge is -2.13. The largest absolute Gasteiger partial charge is 0.481 e. The fraction of sp³-hybridized carbons (Fsp3) is 0.375. The highest BCUT2D eigenvalue weighted by Crippen LogP contribution is 2.31. The molecule has 1 aromatic carbocycles. The van der Waals surface area contributed by atoms with Crippen LogP contribution in [-0.4, -0.2) is 16.1 Å². The van der Waals surface area contributed by atoms with Gasteiger partial charge in [0.25, 0.3) is 0 Å². The Labute approximate surface area is 112 Å². The van der Waals surface area contributed by atoms with Crippen molar-refractivity contribution < 1.29 is 9.90 Å². The van der Waals surface area contributed by atoms with Crippen LogP contribution in [0.2, 0.25) is 0 Å². The van der Waals surface area contributed by atoms with Gasteiger partial charge in [-0.15, -0.1) is 0 Å². The summed E-state index contributed by atoms with van der Waals surface area (Å²) in [5.41, 5.74) is 5.91. The van der Waals surface area contributed by atoms with Crippen molar-refractivity contribution in [3.63, 3.8) is 0 Å². The van der Waals surface area contributed by atoms with Gasteiger partial charge in [0, 0.05) is 17.5 Å². The first-order valence-electron chi connectivity index (χ1n) is 6.78. The van der Waals surface area contributed by atoms with Crippen LogP contribution in [0.25, 0.3) is 10.9 Å². The molecule has 0 fully saturated rings. The highest BCUT2D eigenvalue weighted by molar-refractivity contribution is 5.87. The van der Waals surface area contributed by atoms with Crippen LogP contribution in [0, 0.1) is 6.92 Å². The summed E-state index contributed by atoms with van der Waals surface area (Å²) in [5, 5.41) is 10.1. The lowest BCUT2D eigenvalue weighted by Crippen LogP contribution is -2.03. The Morgan fingerprint density at radius 3 is 3.00 bits per heavy atom. The first kappa shape index (κ1) is 12.2. The number of rotatable bonds is 3. The van der Waals surface area contributed by atoms with Gasteiger partial charge >= 0.3 is 5.97 Å². The number of pyridine rings is 1. The van der Waals surface area contributed by atoms with Crippen molar-refractivity contribution in [3.05, 3.63) is 40.6 Å². The fourth-order valence-electron chi connectivity index (χ4n) is 3.04. The van der Waals surface area contributed by atoms with Crippen LogP contribution in [0.3, 0.4) is 0 Å². The molecule has 1 aliphatic rings. The summed E-state index contributed by atoms with van der Waals surface area (Å²) in [4.78, 5) is 15.7. The van der Waals surface area contributed by atoms with Gasteiger partial charge in [0.15, 0.2) is 0 Å². The Balaban J connectivity index is 2.21. The second kappa shape index (κ2) is 4.65. The van der Waals surface area contributed by atoms with Gasteiger partial charge in [0.05, 0.1) is 5.52 Å². The topological polar surface area (TPSA) is 50.2 Å². The van der Waals surface area contributed by atoms with E-state index in [0.717, 1.165) is 30.2 Å². The number of carboxylic acid groups (broad SMARTS) is 1. The van der Waals surface area contributed by atoms with Gasteiger partial charge in [-0.1, -0.05) is 18.2 Å². The maximum Gasteiger partial charge on any atom is 0.303 e. The fourth-order valence-corrected chi connectivity index (χ4v) is 3.04. The lowest BCUT2D eigenvalue weighted by atomic mass is 9.96. The van der Waals surface area contributed by atoms with E-state index in [4.69, 9.17) is 10.1 Å². The van der Waals surface area contributed by atoms with Crippen LogP contribution < -0.4 is 0 Å². The third-order valence-corrected chi connectivity index (χ3v) is 3.95. The van der Waals surface area contributed by atoms with Crippen molar-refractivity contribution in [3.8, 4) is 0 Å². The lowest BCUT2D eigenvalue weighted by molar-refractivity contribution is -0.136. The number of hydrogen-bond acceptors (Lipinski definition) is 2. The molecule has 0 atom stereocenters. The van der Waals surface area contributed by atoms with Crippen molar-refractivity contribution >= 4 is 16.9 Å². The molecule has 1 N–H and O–H groups in total. The van der Waals surface area contributed by atoms with E-state index in [2.05, 4.69) is 19.1 Å². The summed E-state index contributed by atoms with van der Waals surface area (Å²) in [6.45, 7) is 2.07. The summed E-state index contributed by atoms with van der Waals surface area (Å²) in [6.07, 6.45) is 4.01. The van der Waals surface area contributed by atoms with Crippen LogP contribution in [0.15, 0.2) is 18.2 Å². The Kier molecular flexibility index (Phi) is 2.97. The Bertz CT molecular complexity index is 661. The second-order valence-corrected chi connectivity index (χ2v) is 5.23. The molecular weight excluding hydrogens is 238 g/mol. The first-order chi connectivity index (χ1) is 9.16. The standard InChI is InChI=1S/C16H17NO2/c1-10-4-2-6-13-11(8-9-15(18)19)12-5-3-7-14(12)17-16(10)13/h2,4,6H,3,5,7-9H2,1H3,(H,18,19). The average Bonchev–Trinajstić information content (AvgIpc) is 2.83. The number of aryl methyl sites for hydroxylation is 3. The minimum absolute atomic E-state index is 0.194. The van der Waals surface area contributed by atoms with Gasteiger partial charge in [-0.3, -0.25) is 9.78 Å². The first-order valence-corrected chi connectivity index (χ1v) is 6.78. The molecule has 98 valence electrons. The molecule has 2 aromatic rings. The molecule has 19 heavy (non-hydrogen) atoms. The molecule has 3 nitrogen and oxygen atoms in total. The smallest absolute Gasteiger partial charge is 0.303 e. The van der Waals surface area contributed by atoms with Crippen LogP contribution in [0.5, 0.6) is 0 Å². The molecule has 0 unspecified atom stereocenters. The second-order valence-electron chi connectivity index (χ2n) is 5.23. The van der Waals surface area contributed by atoms with E-state index in [0.29, 0.717) is 6.42 Å². The van der Waals surface area contributed by atoms with Gasteiger partial charge in [-0.2, -0.15) is 0 Å². The summed E-state index contributed by atoms with van der Waals surface area (Å²) < 4.78 is 0. The van der Waals surface area contributed by atoms with E-state index in [-0.39, 0.29) is 6.42 Å².